The van der Waals surface area contributed by atoms with E-state index in [4.69, 9.17) is 5.73 Å². The Morgan fingerprint density at radius 2 is 2.05 bits per heavy atom. The number of anilines is 2. The Balaban J connectivity index is 2.13. The molecule has 0 unspecified atom stereocenters. The fraction of sp³-hybridized carbons (Fsp3) is 0.308. The van der Waals surface area contributed by atoms with E-state index in [1.807, 2.05) is 14.0 Å². The minimum Gasteiger partial charge on any atom is -0.397 e. The van der Waals surface area contributed by atoms with E-state index in [1.54, 1.807) is 10.9 Å². The topological polar surface area (TPSA) is 55.9 Å². The van der Waals surface area contributed by atoms with Gasteiger partial charge < -0.3 is 11.1 Å². The summed E-state index contributed by atoms with van der Waals surface area (Å²) in [6.07, 6.45) is -2.67. The molecule has 0 spiro atoms. The second-order valence-corrected chi connectivity index (χ2v) is 4.53. The number of nitrogen functional groups attached to an aromatic ring is 1. The largest absolute Gasteiger partial charge is 0.416 e. The van der Waals surface area contributed by atoms with Crippen molar-refractivity contribution in [3.8, 4) is 0 Å². The second-order valence-electron chi connectivity index (χ2n) is 4.53. The zero-order chi connectivity index (χ0) is 14.9. The molecule has 1 heterocycles. The molecule has 0 bridgehead atoms. The van der Waals surface area contributed by atoms with Gasteiger partial charge in [-0.1, -0.05) is 0 Å². The zero-order valence-electron chi connectivity index (χ0n) is 11.1. The molecule has 7 heteroatoms. The maximum Gasteiger partial charge on any atom is 0.416 e. The lowest BCUT2D eigenvalue weighted by Crippen LogP contribution is -2.08. The van der Waals surface area contributed by atoms with Gasteiger partial charge in [0.05, 0.1) is 23.1 Å². The van der Waals surface area contributed by atoms with Gasteiger partial charge in [0.1, 0.15) is 0 Å². The van der Waals surface area contributed by atoms with Gasteiger partial charge in [0.15, 0.2) is 0 Å². The number of benzene rings is 1. The molecule has 0 aliphatic heterocycles. The Kier molecular flexibility index (Phi) is 3.61. The van der Waals surface area contributed by atoms with Crippen LogP contribution < -0.4 is 11.1 Å². The quantitative estimate of drug-likeness (QED) is 0.852. The fourth-order valence-electron chi connectivity index (χ4n) is 1.81. The Morgan fingerprint density at radius 3 is 2.55 bits per heavy atom. The molecule has 3 N–H and O–H groups in total. The predicted molar refractivity (Wildman–Crippen MR) is 71.1 cm³/mol. The van der Waals surface area contributed by atoms with Crippen molar-refractivity contribution >= 4 is 11.4 Å². The summed E-state index contributed by atoms with van der Waals surface area (Å²) in [5.41, 5.74) is 7.39. The lowest BCUT2D eigenvalue weighted by atomic mass is 10.1. The highest BCUT2D eigenvalue weighted by molar-refractivity contribution is 5.67. The molecule has 0 aliphatic carbocycles. The number of aryl methyl sites for hydroxylation is 1. The van der Waals surface area contributed by atoms with Crippen LogP contribution in [0.5, 0.6) is 0 Å². The van der Waals surface area contributed by atoms with Crippen LogP contribution in [0.2, 0.25) is 0 Å². The molecule has 1 aromatic heterocycles. The van der Waals surface area contributed by atoms with E-state index in [0.717, 1.165) is 23.4 Å². The number of alkyl halides is 3. The normalized spacial score (nSPS) is 11.7. The van der Waals surface area contributed by atoms with Crippen LogP contribution in [-0.4, -0.2) is 9.78 Å². The number of nitrogens with zero attached hydrogens (tertiary/aromatic N) is 2. The molecule has 0 radical (unpaired) electrons. The number of hydrogen-bond acceptors (Lipinski definition) is 3. The van der Waals surface area contributed by atoms with Gasteiger partial charge in [-0.05, 0) is 25.1 Å². The summed E-state index contributed by atoms with van der Waals surface area (Å²) in [6, 6.07) is 3.27. The zero-order valence-corrected chi connectivity index (χ0v) is 11.1. The van der Waals surface area contributed by atoms with Gasteiger partial charge in [0.25, 0.3) is 0 Å². The highest BCUT2D eigenvalue weighted by Gasteiger charge is 2.30. The van der Waals surface area contributed by atoms with Gasteiger partial charge in [0, 0.05) is 24.8 Å². The molecule has 2 aromatic rings. The van der Waals surface area contributed by atoms with Crippen LogP contribution >= 0.6 is 0 Å². The predicted octanol–water partition coefficient (Wildman–Crippen LogP) is 2.94. The van der Waals surface area contributed by atoms with E-state index in [-0.39, 0.29) is 5.69 Å². The van der Waals surface area contributed by atoms with Crippen LogP contribution in [0, 0.1) is 6.92 Å². The summed E-state index contributed by atoms with van der Waals surface area (Å²) >= 11 is 0. The van der Waals surface area contributed by atoms with E-state index in [0.29, 0.717) is 12.2 Å². The van der Waals surface area contributed by atoms with Crippen molar-refractivity contribution in [2.24, 2.45) is 7.05 Å². The molecule has 2 rings (SSSR count). The first-order chi connectivity index (χ1) is 9.29. The molecule has 1 aromatic carbocycles. The SMILES string of the molecule is Cc1c(CNc2ccc(C(F)(F)F)cc2N)cnn1C. The van der Waals surface area contributed by atoms with Crippen molar-refractivity contribution < 1.29 is 13.2 Å². The molecule has 20 heavy (non-hydrogen) atoms. The first-order valence-corrected chi connectivity index (χ1v) is 5.97. The average Bonchev–Trinajstić information content (AvgIpc) is 2.67. The molecule has 0 saturated heterocycles. The summed E-state index contributed by atoms with van der Waals surface area (Å²) in [7, 11) is 1.82. The fourth-order valence-corrected chi connectivity index (χ4v) is 1.81. The van der Waals surface area contributed by atoms with Gasteiger partial charge in [0.2, 0.25) is 0 Å². The minimum atomic E-state index is -4.38. The van der Waals surface area contributed by atoms with Crippen LogP contribution in [0.15, 0.2) is 24.4 Å². The average molecular weight is 284 g/mol. The highest BCUT2D eigenvalue weighted by atomic mass is 19.4. The Labute approximate surface area is 114 Å². The van der Waals surface area contributed by atoms with Crippen molar-refractivity contribution in [1.29, 1.82) is 0 Å². The first-order valence-electron chi connectivity index (χ1n) is 5.97. The van der Waals surface area contributed by atoms with Gasteiger partial charge in [-0.3, -0.25) is 4.68 Å². The smallest absolute Gasteiger partial charge is 0.397 e. The molecule has 4 nitrogen and oxygen atoms in total. The summed E-state index contributed by atoms with van der Waals surface area (Å²) in [4.78, 5) is 0. The van der Waals surface area contributed by atoms with Crippen LogP contribution in [0.1, 0.15) is 16.8 Å². The maximum absolute atomic E-state index is 12.5. The first kappa shape index (κ1) is 14.2. The Hall–Kier alpha value is -2.18. The number of rotatable bonds is 3. The monoisotopic (exact) mass is 284 g/mol. The Bertz CT molecular complexity index is 617. The molecule has 0 saturated carbocycles. The third kappa shape index (κ3) is 2.87. The lowest BCUT2D eigenvalue weighted by Gasteiger charge is -2.12. The minimum absolute atomic E-state index is 0.0707. The van der Waals surface area contributed by atoms with Crippen molar-refractivity contribution in [1.82, 2.24) is 9.78 Å². The lowest BCUT2D eigenvalue weighted by molar-refractivity contribution is -0.137. The van der Waals surface area contributed by atoms with Crippen LogP contribution in [0.4, 0.5) is 24.5 Å². The Morgan fingerprint density at radius 1 is 1.35 bits per heavy atom. The number of nitrogens with two attached hydrogens (primary N) is 1. The number of hydrogen-bond donors (Lipinski definition) is 2. The molecular weight excluding hydrogens is 269 g/mol. The van der Waals surface area contributed by atoms with Gasteiger partial charge in [-0.2, -0.15) is 18.3 Å². The van der Waals surface area contributed by atoms with Gasteiger partial charge in [-0.25, -0.2) is 0 Å². The van der Waals surface area contributed by atoms with Gasteiger partial charge >= 0.3 is 6.18 Å². The summed E-state index contributed by atoms with van der Waals surface area (Å²) < 4.78 is 39.3. The van der Waals surface area contributed by atoms with Crippen molar-refractivity contribution in [3.05, 3.63) is 41.2 Å². The van der Waals surface area contributed by atoms with E-state index in [9.17, 15) is 13.2 Å². The number of aromatic nitrogens is 2. The number of halogens is 3. The van der Waals surface area contributed by atoms with Crippen LogP contribution in [-0.2, 0) is 19.8 Å². The summed E-state index contributed by atoms with van der Waals surface area (Å²) in [6.45, 7) is 2.37. The van der Waals surface area contributed by atoms with E-state index < -0.39 is 11.7 Å². The maximum atomic E-state index is 12.5. The molecule has 0 fully saturated rings. The standard InChI is InChI=1S/C13H15F3N4/c1-8-9(7-19-20(8)2)6-18-12-4-3-10(5-11(12)17)13(14,15)16/h3-5,7,18H,6,17H2,1-2H3. The molecule has 0 aliphatic rings. The highest BCUT2D eigenvalue weighted by Crippen LogP contribution is 2.32. The summed E-state index contributed by atoms with van der Waals surface area (Å²) in [5.74, 6) is 0. The molecule has 0 amide bonds. The van der Waals surface area contributed by atoms with E-state index in [2.05, 4.69) is 10.4 Å². The van der Waals surface area contributed by atoms with E-state index in [1.165, 1.54) is 6.07 Å². The third-order valence-electron chi connectivity index (χ3n) is 3.19. The van der Waals surface area contributed by atoms with Crippen molar-refractivity contribution in [3.63, 3.8) is 0 Å². The number of nitrogens with one attached hydrogen (secondary N) is 1. The van der Waals surface area contributed by atoms with Crippen molar-refractivity contribution in [2.75, 3.05) is 11.1 Å². The third-order valence-corrected chi connectivity index (χ3v) is 3.19. The second kappa shape index (κ2) is 5.07. The van der Waals surface area contributed by atoms with Crippen LogP contribution in [0.3, 0.4) is 0 Å². The van der Waals surface area contributed by atoms with Crippen LogP contribution in [0.25, 0.3) is 0 Å². The molecular formula is C13H15F3N4. The van der Waals surface area contributed by atoms with Gasteiger partial charge in [-0.15, -0.1) is 0 Å². The van der Waals surface area contributed by atoms with Crippen molar-refractivity contribution in [2.45, 2.75) is 19.6 Å². The summed E-state index contributed by atoms with van der Waals surface area (Å²) in [5, 5.41) is 7.11. The molecule has 0 atom stereocenters. The molecule has 108 valence electrons. The van der Waals surface area contributed by atoms with E-state index >= 15 is 0 Å².